The van der Waals surface area contributed by atoms with E-state index in [0.717, 1.165) is 11.1 Å². The molecule has 2 N–H and O–H groups in total. The van der Waals surface area contributed by atoms with Gasteiger partial charge in [-0.1, -0.05) is 29.8 Å². The van der Waals surface area contributed by atoms with Crippen LogP contribution in [0, 0.1) is 19.7 Å². The van der Waals surface area contributed by atoms with Crippen molar-refractivity contribution in [1.82, 2.24) is 0 Å². The van der Waals surface area contributed by atoms with Gasteiger partial charge in [0.15, 0.2) is 6.61 Å². The van der Waals surface area contributed by atoms with E-state index in [0.29, 0.717) is 22.7 Å². The molecule has 2 amide bonds. The van der Waals surface area contributed by atoms with E-state index in [-0.39, 0.29) is 17.5 Å². The largest absolute Gasteiger partial charge is 0.483 e. The summed E-state index contributed by atoms with van der Waals surface area (Å²) in [7, 11) is 0. The first-order chi connectivity index (χ1) is 14.3. The molecule has 7 heteroatoms. The van der Waals surface area contributed by atoms with Crippen LogP contribution in [0.25, 0.3) is 0 Å². The molecule has 0 bridgehead atoms. The van der Waals surface area contributed by atoms with Crippen molar-refractivity contribution in [2.45, 2.75) is 13.8 Å². The summed E-state index contributed by atoms with van der Waals surface area (Å²) in [6.45, 7) is 3.70. The maximum atomic E-state index is 13.3. The molecule has 0 saturated carbocycles. The molecular formula is C23H20ClFN2O3. The number of aryl methyl sites for hydroxylation is 2. The fourth-order valence-corrected chi connectivity index (χ4v) is 2.90. The van der Waals surface area contributed by atoms with Gasteiger partial charge in [0.1, 0.15) is 11.6 Å². The van der Waals surface area contributed by atoms with Crippen LogP contribution in [0.15, 0.2) is 60.7 Å². The second-order valence-corrected chi connectivity index (χ2v) is 7.18. The van der Waals surface area contributed by atoms with Gasteiger partial charge in [-0.05, 0) is 67.4 Å². The molecule has 0 unspecified atom stereocenters. The van der Waals surface area contributed by atoms with Gasteiger partial charge in [-0.3, -0.25) is 9.59 Å². The molecule has 5 nitrogen and oxygen atoms in total. The maximum Gasteiger partial charge on any atom is 0.262 e. The molecule has 0 aromatic heterocycles. The Morgan fingerprint density at radius 3 is 2.50 bits per heavy atom. The normalized spacial score (nSPS) is 10.4. The predicted octanol–water partition coefficient (Wildman–Crippen LogP) is 5.37. The quantitative estimate of drug-likeness (QED) is 0.557. The minimum atomic E-state index is -0.567. The lowest BCUT2D eigenvalue weighted by molar-refractivity contribution is -0.118. The molecule has 0 aliphatic carbocycles. The molecule has 0 saturated heterocycles. The van der Waals surface area contributed by atoms with E-state index in [1.165, 1.54) is 24.3 Å². The zero-order chi connectivity index (χ0) is 21.7. The van der Waals surface area contributed by atoms with Crippen LogP contribution in [0.5, 0.6) is 5.75 Å². The second kappa shape index (κ2) is 9.41. The molecule has 3 rings (SSSR count). The standard InChI is InChI=1S/C23H20ClFN2O3/c1-14-6-7-15(2)21(10-14)30-13-22(28)26-17-5-3-4-16(11-17)23(29)27-18-8-9-20(25)19(24)12-18/h3-12H,13H2,1-2H3,(H,26,28)(H,27,29). The van der Waals surface area contributed by atoms with Gasteiger partial charge in [0, 0.05) is 16.9 Å². The average molecular weight is 427 g/mol. The van der Waals surface area contributed by atoms with Crippen molar-refractivity contribution in [3.05, 3.63) is 88.2 Å². The highest BCUT2D eigenvalue weighted by molar-refractivity contribution is 6.31. The lowest BCUT2D eigenvalue weighted by Gasteiger charge is -2.11. The molecular weight excluding hydrogens is 407 g/mol. The van der Waals surface area contributed by atoms with Crippen molar-refractivity contribution in [3.8, 4) is 5.75 Å². The number of benzene rings is 3. The summed E-state index contributed by atoms with van der Waals surface area (Å²) in [5.41, 5.74) is 3.12. The van der Waals surface area contributed by atoms with E-state index in [2.05, 4.69) is 10.6 Å². The Bertz CT molecular complexity index is 1100. The first-order valence-electron chi connectivity index (χ1n) is 9.18. The van der Waals surface area contributed by atoms with Crippen molar-refractivity contribution in [1.29, 1.82) is 0 Å². The van der Waals surface area contributed by atoms with Crippen molar-refractivity contribution in [2.24, 2.45) is 0 Å². The molecule has 154 valence electrons. The van der Waals surface area contributed by atoms with E-state index in [4.69, 9.17) is 16.3 Å². The summed E-state index contributed by atoms with van der Waals surface area (Å²) in [4.78, 5) is 24.7. The summed E-state index contributed by atoms with van der Waals surface area (Å²) in [5.74, 6) is -0.683. The third kappa shape index (κ3) is 5.58. The second-order valence-electron chi connectivity index (χ2n) is 6.77. The average Bonchev–Trinajstić information content (AvgIpc) is 2.71. The van der Waals surface area contributed by atoms with Gasteiger partial charge in [0.25, 0.3) is 11.8 Å². The SMILES string of the molecule is Cc1ccc(C)c(OCC(=O)Nc2cccc(C(=O)Nc3ccc(F)c(Cl)c3)c2)c1. The van der Waals surface area contributed by atoms with Crippen molar-refractivity contribution in [2.75, 3.05) is 17.2 Å². The minimum Gasteiger partial charge on any atom is -0.483 e. The van der Waals surface area contributed by atoms with Crippen molar-refractivity contribution >= 4 is 34.8 Å². The molecule has 0 spiro atoms. The van der Waals surface area contributed by atoms with E-state index in [1.54, 1.807) is 18.2 Å². The molecule has 0 aliphatic rings. The number of rotatable bonds is 6. The van der Waals surface area contributed by atoms with E-state index in [9.17, 15) is 14.0 Å². The van der Waals surface area contributed by atoms with E-state index < -0.39 is 11.7 Å². The van der Waals surface area contributed by atoms with E-state index >= 15 is 0 Å². The molecule has 3 aromatic carbocycles. The first-order valence-corrected chi connectivity index (χ1v) is 9.56. The Labute approximate surface area is 178 Å². The zero-order valence-corrected chi connectivity index (χ0v) is 17.2. The van der Waals surface area contributed by atoms with Crippen LogP contribution >= 0.6 is 11.6 Å². The molecule has 0 atom stereocenters. The van der Waals surface area contributed by atoms with Crippen LogP contribution in [0.4, 0.5) is 15.8 Å². The molecule has 0 heterocycles. The van der Waals surface area contributed by atoms with Crippen LogP contribution in [0.1, 0.15) is 21.5 Å². The van der Waals surface area contributed by atoms with Crippen molar-refractivity contribution < 1.29 is 18.7 Å². The first kappa shape index (κ1) is 21.3. The summed E-state index contributed by atoms with van der Waals surface area (Å²) in [6, 6.07) is 16.1. The lowest BCUT2D eigenvalue weighted by Crippen LogP contribution is -2.21. The van der Waals surface area contributed by atoms with Gasteiger partial charge in [-0.15, -0.1) is 0 Å². The Morgan fingerprint density at radius 2 is 1.73 bits per heavy atom. The van der Waals surface area contributed by atoms with Gasteiger partial charge in [-0.25, -0.2) is 4.39 Å². The number of amides is 2. The number of nitrogens with one attached hydrogen (secondary N) is 2. The molecule has 30 heavy (non-hydrogen) atoms. The fraction of sp³-hybridized carbons (Fsp3) is 0.130. The predicted molar refractivity (Wildman–Crippen MR) is 116 cm³/mol. The van der Waals surface area contributed by atoms with Crippen LogP contribution in [-0.2, 0) is 4.79 Å². The van der Waals surface area contributed by atoms with Gasteiger partial charge in [-0.2, -0.15) is 0 Å². The Morgan fingerprint density at radius 1 is 0.967 bits per heavy atom. The molecule has 3 aromatic rings. The van der Waals surface area contributed by atoms with Crippen LogP contribution in [0.3, 0.4) is 0 Å². The number of hydrogen-bond donors (Lipinski definition) is 2. The molecule has 0 aliphatic heterocycles. The van der Waals surface area contributed by atoms with Gasteiger partial charge in [0.2, 0.25) is 0 Å². The summed E-state index contributed by atoms with van der Waals surface area (Å²) >= 11 is 5.73. The maximum absolute atomic E-state index is 13.3. The number of carbonyl (C=O) groups is 2. The molecule has 0 fully saturated rings. The highest BCUT2D eigenvalue weighted by Crippen LogP contribution is 2.21. The van der Waals surface area contributed by atoms with Crippen LogP contribution in [-0.4, -0.2) is 18.4 Å². The monoisotopic (exact) mass is 426 g/mol. The van der Waals surface area contributed by atoms with Gasteiger partial charge >= 0.3 is 0 Å². The number of hydrogen-bond acceptors (Lipinski definition) is 3. The summed E-state index contributed by atoms with van der Waals surface area (Å²) in [6.07, 6.45) is 0. The topological polar surface area (TPSA) is 67.4 Å². The van der Waals surface area contributed by atoms with Crippen LogP contribution in [0.2, 0.25) is 5.02 Å². The Kier molecular flexibility index (Phi) is 6.69. The van der Waals surface area contributed by atoms with E-state index in [1.807, 2.05) is 32.0 Å². The van der Waals surface area contributed by atoms with Crippen LogP contribution < -0.4 is 15.4 Å². The molecule has 0 radical (unpaired) electrons. The number of carbonyl (C=O) groups excluding carboxylic acids is 2. The third-order valence-corrected chi connectivity index (χ3v) is 4.58. The Hall–Kier alpha value is -3.38. The highest BCUT2D eigenvalue weighted by atomic mass is 35.5. The minimum absolute atomic E-state index is 0.0855. The number of anilines is 2. The Balaban J connectivity index is 1.61. The highest BCUT2D eigenvalue weighted by Gasteiger charge is 2.11. The lowest BCUT2D eigenvalue weighted by atomic mass is 10.1. The summed E-state index contributed by atoms with van der Waals surface area (Å²) in [5, 5.41) is 5.26. The third-order valence-electron chi connectivity index (χ3n) is 4.29. The van der Waals surface area contributed by atoms with Crippen molar-refractivity contribution in [3.63, 3.8) is 0 Å². The fourth-order valence-electron chi connectivity index (χ4n) is 2.72. The van der Waals surface area contributed by atoms with Gasteiger partial charge in [0.05, 0.1) is 5.02 Å². The number of halogens is 2. The van der Waals surface area contributed by atoms with Gasteiger partial charge < -0.3 is 15.4 Å². The smallest absolute Gasteiger partial charge is 0.262 e. The summed E-state index contributed by atoms with van der Waals surface area (Å²) < 4.78 is 18.8. The zero-order valence-electron chi connectivity index (χ0n) is 16.5. The number of ether oxygens (including phenoxy) is 1.